The summed E-state index contributed by atoms with van der Waals surface area (Å²) in [7, 11) is -3.57. The third-order valence-corrected chi connectivity index (χ3v) is 6.89. The standard InChI is InChI=1S/C21H27NO2S/c1-5-8-9-14-22(21-16-18(6-2)15-19(21)7-3)25(23,24)20-12-10-17(4)11-13-20/h1,6-7,10-13,18-19,21H,2-3,8-9,14-16H2,4H3/t18-,19+,21-/m0/s1. The first kappa shape index (κ1) is 19.5. The fourth-order valence-corrected chi connectivity index (χ4v) is 5.23. The van der Waals surface area contributed by atoms with Gasteiger partial charge >= 0.3 is 0 Å². The molecule has 1 saturated carbocycles. The van der Waals surface area contributed by atoms with Gasteiger partial charge < -0.3 is 0 Å². The van der Waals surface area contributed by atoms with Crippen LogP contribution in [0.2, 0.25) is 0 Å². The van der Waals surface area contributed by atoms with E-state index in [-0.39, 0.29) is 12.0 Å². The van der Waals surface area contributed by atoms with Gasteiger partial charge in [-0.05, 0) is 50.2 Å². The molecule has 1 aliphatic rings. The van der Waals surface area contributed by atoms with Gasteiger partial charge in [-0.15, -0.1) is 25.5 Å². The van der Waals surface area contributed by atoms with E-state index in [4.69, 9.17) is 6.42 Å². The lowest BCUT2D eigenvalue weighted by molar-refractivity contribution is 0.286. The van der Waals surface area contributed by atoms with Gasteiger partial charge in [-0.3, -0.25) is 0 Å². The first-order chi connectivity index (χ1) is 11.9. The maximum absolute atomic E-state index is 13.3. The SMILES string of the molecule is C#CCCCN([C@H]1C[C@@H](C=C)C[C@H]1C=C)S(=O)(=O)c1ccc(C)cc1. The van der Waals surface area contributed by atoms with Gasteiger partial charge in [0.1, 0.15) is 0 Å². The highest BCUT2D eigenvalue weighted by Gasteiger charge is 2.40. The van der Waals surface area contributed by atoms with Crippen molar-refractivity contribution < 1.29 is 8.42 Å². The van der Waals surface area contributed by atoms with Gasteiger partial charge in [0.15, 0.2) is 0 Å². The van der Waals surface area contributed by atoms with Crippen molar-refractivity contribution in [2.45, 2.75) is 43.5 Å². The Hall–Kier alpha value is -1.83. The monoisotopic (exact) mass is 357 g/mol. The normalized spacial score (nSPS) is 23.3. The predicted molar refractivity (Wildman–Crippen MR) is 104 cm³/mol. The van der Waals surface area contributed by atoms with Crippen LogP contribution in [0.3, 0.4) is 0 Å². The molecule has 3 nitrogen and oxygen atoms in total. The molecule has 134 valence electrons. The molecule has 3 atom stereocenters. The Morgan fingerprint density at radius 2 is 1.92 bits per heavy atom. The van der Waals surface area contributed by atoms with Crippen molar-refractivity contribution in [1.82, 2.24) is 4.31 Å². The van der Waals surface area contributed by atoms with Crippen LogP contribution in [-0.2, 0) is 10.0 Å². The highest BCUT2D eigenvalue weighted by atomic mass is 32.2. The number of sulfonamides is 1. The van der Waals surface area contributed by atoms with E-state index >= 15 is 0 Å². The summed E-state index contributed by atoms with van der Waals surface area (Å²) < 4.78 is 28.2. The summed E-state index contributed by atoms with van der Waals surface area (Å²) in [5, 5.41) is 0. The molecular weight excluding hydrogens is 330 g/mol. The van der Waals surface area contributed by atoms with Crippen molar-refractivity contribution in [2.75, 3.05) is 6.54 Å². The van der Waals surface area contributed by atoms with Crippen LogP contribution in [0.4, 0.5) is 0 Å². The molecule has 0 unspecified atom stereocenters. The molecule has 0 heterocycles. The molecule has 0 spiro atoms. The van der Waals surface area contributed by atoms with Crippen LogP contribution in [0.15, 0.2) is 54.5 Å². The van der Waals surface area contributed by atoms with Gasteiger partial charge in [-0.1, -0.05) is 29.8 Å². The molecule has 1 aromatic carbocycles. The number of terminal acetylenes is 1. The minimum absolute atomic E-state index is 0.0930. The quantitative estimate of drug-likeness (QED) is 0.398. The van der Waals surface area contributed by atoms with Crippen LogP contribution in [0.1, 0.15) is 31.2 Å². The molecule has 1 fully saturated rings. The largest absolute Gasteiger partial charge is 0.243 e. The summed E-state index contributed by atoms with van der Waals surface area (Å²) in [5.41, 5.74) is 1.04. The van der Waals surface area contributed by atoms with Crippen LogP contribution in [-0.4, -0.2) is 25.3 Å². The molecule has 0 aromatic heterocycles. The number of nitrogens with zero attached hydrogens (tertiary/aromatic N) is 1. The smallest absolute Gasteiger partial charge is 0.207 e. The highest BCUT2D eigenvalue weighted by molar-refractivity contribution is 7.89. The summed E-state index contributed by atoms with van der Waals surface area (Å²) in [6, 6.07) is 6.94. The van der Waals surface area contributed by atoms with E-state index < -0.39 is 10.0 Å². The van der Waals surface area contributed by atoms with Crippen molar-refractivity contribution in [3.8, 4) is 12.3 Å². The second-order valence-electron chi connectivity index (χ2n) is 6.67. The number of allylic oxidation sites excluding steroid dienone is 1. The maximum atomic E-state index is 13.3. The maximum Gasteiger partial charge on any atom is 0.243 e. The molecular formula is C21H27NO2S. The topological polar surface area (TPSA) is 37.4 Å². The lowest BCUT2D eigenvalue weighted by Crippen LogP contribution is -2.42. The summed E-state index contributed by atoms with van der Waals surface area (Å²) in [5.74, 6) is 3.05. The molecule has 4 heteroatoms. The fourth-order valence-electron chi connectivity index (χ4n) is 3.51. The van der Waals surface area contributed by atoms with E-state index in [2.05, 4.69) is 19.1 Å². The minimum atomic E-state index is -3.57. The van der Waals surface area contributed by atoms with Gasteiger partial charge in [0.2, 0.25) is 10.0 Å². The first-order valence-electron chi connectivity index (χ1n) is 8.71. The van der Waals surface area contributed by atoms with E-state index in [1.165, 1.54) is 0 Å². The molecule has 0 radical (unpaired) electrons. The lowest BCUT2D eigenvalue weighted by Gasteiger charge is -2.31. The summed E-state index contributed by atoms with van der Waals surface area (Å²) in [6.07, 6.45) is 12.1. The number of hydrogen-bond donors (Lipinski definition) is 0. The molecule has 0 amide bonds. The van der Waals surface area contributed by atoms with E-state index in [1.54, 1.807) is 16.4 Å². The molecule has 0 N–H and O–H groups in total. The van der Waals surface area contributed by atoms with Crippen LogP contribution in [0, 0.1) is 31.1 Å². The van der Waals surface area contributed by atoms with E-state index in [9.17, 15) is 8.42 Å². The minimum Gasteiger partial charge on any atom is -0.207 e. The van der Waals surface area contributed by atoms with Crippen LogP contribution in [0.5, 0.6) is 0 Å². The highest BCUT2D eigenvalue weighted by Crippen LogP contribution is 2.38. The third-order valence-electron chi connectivity index (χ3n) is 4.95. The second-order valence-corrected chi connectivity index (χ2v) is 8.56. The zero-order chi connectivity index (χ0) is 18.4. The number of benzene rings is 1. The van der Waals surface area contributed by atoms with Crippen molar-refractivity contribution in [1.29, 1.82) is 0 Å². The van der Waals surface area contributed by atoms with Gasteiger partial charge in [-0.25, -0.2) is 8.42 Å². The van der Waals surface area contributed by atoms with Crippen molar-refractivity contribution in [3.63, 3.8) is 0 Å². The van der Waals surface area contributed by atoms with Crippen LogP contribution < -0.4 is 0 Å². The van der Waals surface area contributed by atoms with E-state index in [0.717, 1.165) is 18.4 Å². The Morgan fingerprint density at radius 1 is 1.24 bits per heavy atom. The molecule has 0 aliphatic heterocycles. The van der Waals surface area contributed by atoms with Crippen LogP contribution >= 0.6 is 0 Å². The number of unbranched alkanes of at least 4 members (excludes halogenated alkanes) is 1. The average Bonchev–Trinajstić information content (AvgIpc) is 3.02. The second kappa shape index (κ2) is 8.51. The van der Waals surface area contributed by atoms with E-state index in [0.29, 0.717) is 30.2 Å². The molecule has 0 saturated heterocycles. The predicted octanol–water partition coefficient (Wildman–Crippen LogP) is 4.17. The first-order valence-corrected chi connectivity index (χ1v) is 10.1. The number of aryl methyl sites for hydroxylation is 1. The van der Waals surface area contributed by atoms with Gasteiger partial charge in [0, 0.05) is 19.0 Å². The van der Waals surface area contributed by atoms with Crippen molar-refractivity contribution >= 4 is 10.0 Å². The van der Waals surface area contributed by atoms with Gasteiger partial charge in [0.25, 0.3) is 0 Å². The molecule has 0 bridgehead atoms. The van der Waals surface area contributed by atoms with Gasteiger partial charge in [-0.2, -0.15) is 4.31 Å². The summed E-state index contributed by atoms with van der Waals surface area (Å²) in [6.45, 7) is 10.2. The lowest BCUT2D eigenvalue weighted by atomic mass is 10.0. The van der Waals surface area contributed by atoms with Crippen molar-refractivity contribution in [3.05, 3.63) is 55.1 Å². The molecule has 1 aliphatic carbocycles. The number of rotatable bonds is 8. The Kier molecular flexibility index (Phi) is 6.64. The Bertz CT molecular complexity index is 743. The van der Waals surface area contributed by atoms with E-state index in [1.807, 2.05) is 31.2 Å². The van der Waals surface area contributed by atoms with Crippen LogP contribution in [0.25, 0.3) is 0 Å². The molecule has 1 aromatic rings. The Labute approximate surface area is 152 Å². The van der Waals surface area contributed by atoms with Crippen molar-refractivity contribution in [2.24, 2.45) is 11.8 Å². The van der Waals surface area contributed by atoms with Gasteiger partial charge in [0.05, 0.1) is 4.90 Å². The Balaban J connectivity index is 2.37. The zero-order valence-corrected chi connectivity index (χ0v) is 15.7. The average molecular weight is 358 g/mol. The fraction of sp³-hybridized carbons (Fsp3) is 0.429. The molecule has 2 rings (SSSR count). The number of hydrogen-bond acceptors (Lipinski definition) is 2. The summed E-state index contributed by atoms with van der Waals surface area (Å²) in [4.78, 5) is 0.337. The zero-order valence-electron chi connectivity index (χ0n) is 14.9. The Morgan fingerprint density at radius 3 is 2.48 bits per heavy atom. The third kappa shape index (κ3) is 4.42. The molecule has 25 heavy (non-hydrogen) atoms. The summed E-state index contributed by atoms with van der Waals surface area (Å²) >= 11 is 0.